The SMILES string of the molecule is CN=C(NCCc1c[nH]c2c(C)cccc12)N1CCC(c2cnn(C)c2)C1.I. The molecule has 0 saturated carbocycles. The van der Waals surface area contributed by atoms with Crippen molar-refractivity contribution in [3.05, 3.63) is 53.5 Å². The third-order valence-corrected chi connectivity index (χ3v) is 5.58. The highest BCUT2D eigenvalue weighted by Gasteiger charge is 2.26. The van der Waals surface area contributed by atoms with Gasteiger partial charge >= 0.3 is 0 Å². The number of fused-ring (bicyclic) bond motifs is 1. The molecule has 1 fully saturated rings. The monoisotopic (exact) mass is 492 g/mol. The van der Waals surface area contributed by atoms with Crippen LogP contribution >= 0.6 is 24.0 Å². The molecule has 3 heterocycles. The van der Waals surface area contributed by atoms with Gasteiger partial charge in [-0.25, -0.2) is 0 Å². The number of para-hydroxylation sites is 1. The van der Waals surface area contributed by atoms with Crippen LogP contribution in [0, 0.1) is 6.92 Å². The van der Waals surface area contributed by atoms with Crippen molar-refractivity contribution in [2.75, 3.05) is 26.7 Å². The standard InChI is InChI=1S/C21H28N6.HI/c1-15-5-4-6-19-16(11-24-20(15)19)7-9-23-21(22-2)27-10-8-17(14-27)18-12-25-26(3)13-18;/h4-6,11-13,17,24H,7-10,14H2,1-3H3,(H,22,23);1H. The minimum Gasteiger partial charge on any atom is -0.361 e. The van der Waals surface area contributed by atoms with Gasteiger partial charge in [-0.3, -0.25) is 9.67 Å². The average molecular weight is 492 g/mol. The molecule has 6 nitrogen and oxygen atoms in total. The summed E-state index contributed by atoms with van der Waals surface area (Å²) in [4.78, 5) is 10.3. The summed E-state index contributed by atoms with van der Waals surface area (Å²) in [7, 11) is 3.84. The molecule has 1 unspecified atom stereocenters. The maximum Gasteiger partial charge on any atom is 0.193 e. The Hall–Kier alpha value is -2.03. The van der Waals surface area contributed by atoms with E-state index in [9.17, 15) is 0 Å². The summed E-state index contributed by atoms with van der Waals surface area (Å²) in [5.41, 5.74) is 5.22. The van der Waals surface area contributed by atoms with E-state index in [-0.39, 0.29) is 24.0 Å². The number of nitrogens with zero attached hydrogens (tertiary/aromatic N) is 4. The van der Waals surface area contributed by atoms with Crippen LogP contribution in [0.5, 0.6) is 0 Å². The molecule has 2 aromatic heterocycles. The summed E-state index contributed by atoms with van der Waals surface area (Å²) < 4.78 is 1.88. The second kappa shape index (κ2) is 8.98. The van der Waals surface area contributed by atoms with Gasteiger partial charge in [-0.1, -0.05) is 18.2 Å². The van der Waals surface area contributed by atoms with Gasteiger partial charge < -0.3 is 15.2 Å². The maximum atomic E-state index is 4.50. The number of hydrogen-bond acceptors (Lipinski definition) is 2. The number of likely N-dealkylation sites (tertiary alicyclic amines) is 1. The number of aliphatic imine (C=N–C) groups is 1. The van der Waals surface area contributed by atoms with Crippen LogP contribution in [0.2, 0.25) is 0 Å². The molecule has 0 spiro atoms. The predicted molar refractivity (Wildman–Crippen MR) is 126 cm³/mol. The molecular formula is C21H29IN6. The Kier molecular flexibility index (Phi) is 6.64. The summed E-state index contributed by atoms with van der Waals surface area (Å²) in [6.07, 6.45) is 8.37. The number of rotatable bonds is 4. The van der Waals surface area contributed by atoms with Crippen molar-refractivity contribution in [2.45, 2.75) is 25.7 Å². The molecule has 3 aromatic rings. The Labute approximate surface area is 183 Å². The van der Waals surface area contributed by atoms with E-state index < -0.39 is 0 Å². The Morgan fingerprint density at radius 1 is 1.39 bits per heavy atom. The molecule has 0 amide bonds. The number of halogens is 1. The lowest BCUT2D eigenvalue weighted by Gasteiger charge is -2.21. The first kappa shape index (κ1) is 20.7. The zero-order valence-corrected chi connectivity index (χ0v) is 19.1. The molecule has 1 aliphatic heterocycles. The van der Waals surface area contributed by atoms with Gasteiger partial charge in [-0.2, -0.15) is 5.10 Å². The van der Waals surface area contributed by atoms with E-state index >= 15 is 0 Å². The molecule has 2 N–H and O–H groups in total. The zero-order chi connectivity index (χ0) is 18.8. The minimum atomic E-state index is 0. The van der Waals surface area contributed by atoms with Crippen molar-refractivity contribution < 1.29 is 0 Å². The molecule has 0 radical (unpaired) electrons. The summed E-state index contributed by atoms with van der Waals surface area (Å²) in [5, 5.41) is 9.18. The highest BCUT2D eigenvalue weighted by Crippen LogP contribution is 2.26. The van der Waals surface area contributed by atoms with Gasteiger partial charge in [0.25, 0.3) is 0 Å². The van der Waals surface area contributed by atoms with Crippen molar-refractivity contribution >= 4 is 40.8 Å². The number of aryl methyl sites for hydroxylation is 2. The molecular weight excluding hydrogens is 463 g/mol. The van der Waals surface area contributed by atoms with Gasteiger partial charge in [0.1, 0.15) is 0 Å². The van der Waals surface area contributed by atoms with Crippen molar-refractivity contribution in [3.63, 3.8) is 0 Å². The van der Waals surface area contributed by atoms with Crippen molar-refractivity contribution in [1.82, 2.24) is 25.0 Å². The second-order valence-electron chi connectivity index (χ2n) is 7.41. The normalized spacial score (nSPS) is 17.2. The van der Waals surface area contributed by atoms with E-state index in [0.717, 1.165) is 38.4 Å². The molecule has 1 saturated heterocycles. The van der Waals surface area contributed by atoms with Crippen LogP contribution in [-0.2, 0) is 13.5 Å². The number of hydrogen-bond donors (Lipinski definition) is 2. The first-order valence-corrected chi connectivity index (χ1v) is 9.65. The fourth-order valence-corrected chi connectivity index (χ4v) is 4.09. The molecule has 1 atom stereocenters. The van der Waals surface area contributed by atoms with Crippen molar-refractivity contribution in [1.29, 1.82) is 0 Å². The molecule has 1 aliphatic rings. The Morgan fingerprint density at radius 2 is 2.25 bits per heavy atom. The third-order valence-electron chi connectivity index (χ3n) is 5.58. The molecule has 7 heteroatoms. The van der Waals surface area contributed by atoms with E-state index in [0.29, 0.717) is 5.92 Å². The summed E-state index contributed by atoms with van der Waals surface area (Å²) in [6.45, 7) is 5.06. The van der Waals surface area contributed by atoms with Gasteiger partial charge in [0.15, 0.2) is 5.96 Å². The number of aromatic nitrogens is 3. The van der Waals surface area contributed by atoms with Gasteiger partial charge in [-0.15, -0.1) is 24.0 Å². The average Bonchev–Trinajstić information content (AvgIpc) is 3.39. The Morgan fingerprint density at radius 3 is 3.00 bits per heavy atom. The molecule has 1 aromatic carbocycles. The smallest absolute Gasteiger partial charge is 0.193 e. The van der Waals surface area contributed by atoms with Crippen LogP contribution in [0.4, 0.5) is 0 Å². The lowest BCUT2D eigenvalue weighted by Crippen LogP contribution is -2.40. The lowest BCUT2D eigenvalue weighted by molar-refractivity contribution is 0.486. The first-order chi connectivity index (χ1) is 13.2. The quantitative estimate of drug-likeness (QED) is 0.333. The van der Waals surface area contributed by atoms with Crippen LogP contribution in [-0.4, -0.2) is 52.3 Å². The number of aromatic amines is 1. The lowest BCUT2D eigenvalue weighted by atomic mass is 10.0. The van der Waals surface area contributed by atoms with Crippen LogP contribution in [0.25, 0.3) is 10.9 Å². The summed E-state index contributed by atoms with van der Waals surface area (Å²) >= 11 is 0. The van der Waals surface area contributed by atoms with Gasteiger partial charge in [-0.05, 0) is 36.5 Å². The van der Waals surface area contributed by atoms with Gasteiger partial charge in [0, 0.05) is 62.9 Å². The number of benzene rings is 1. The van der Waals surface area contributed by atoms with Crippen LogP contribution < -0.4 is 5.32 Å². The zero-order valence-electron chi connectivity index (χ0n) is 16.8. The van der Waals surface area contributed by atoms with E-state index in [2.05, 4.69) is 62.8 Å². The highest BCUT2D eigenvalue weighted by molar-refractivity contribution is 14.0. The number of guanidine groups is 1. The minimum absolute atomic E-state index is 0. The summed E-state index contributed by atoms with van der Waals surface area (Å²) in [5.74, 6) is 1.53. The van der Waals surface area contributed by atoms with E-state index in [1.807, 2.05) is 25.0 Å². The summed E-state index contributed by atoms with van der Waals surface area (Å²) in [6, 6.07) is 6.47. The number of H-pyrrole nitrogens is 1. The predicted octanol–water partition coefficient (Wildman–Crippen LogP) is 3.44. The first-order valence-electron chi connectivity index (χ1n) is 9.65. The number of nitrogens with one attached hydrogen (secondary N) is 2. The molecule has 150 valence electrons. The third kappa shape index (κ3) is 4.19. The van der Waals surface area contributed by atoms with Crippen LogP contribution in [0.3, 0.4) is 0 Å². The van der Waals surface area contributed by atoms with Crippen LogP contribution in [0.1, 0.15) is 29.0 Å². The topological polar surface area (TPSA) is 61.2 Å². The Balaban J connectivity index is 0.00000225. The molecule has 4 rings (SSSR count). The second-order valence-corrected chi connectivity index (χ2v) is 7.41. The van der Waals surface area contributed by atoms with Gasteiger partial charge in [0.2, 0.25) is 0 Å². The molecule has 0 bridgehead atoms. The van der Waals surface area contributed by atoms with Gasteiger partial charge in [0.05, 0.1) is 6.20 Å². The fourth-order valence-electron chi connectivity index (χ4n) is 4.09. The Bertz CT molecular complexity index is 957. The largest absolute Gasteiger partial charge is 0.361 e. The van der Waals surface area contributed by atoms with Crippen molar-refractivity contribution in [2.24, 2.45) is 12.0 Å². The van der Waals surface area contributed by atoms with E-state index in [1.165, 1.54) is 27.6 Å². The highest BCUT2D eigenvalue weighted by atomic mass is 127. The van der Waals surface area contributed by atoms with Crippen LogP contribution in [0.15, 0.2) is 41.8 Å². The molecule has 28 heavy (non-hydrogen) atoms. The maximum absolute atomic E-state index is 4.50. The van der Waals surface area contributed by atoms with E-state index in [4.69, 9.17) is 0 Å². The van der Waals surface area contributed by atoms with E-state index in [1.54, 1.807) is 0 Å². The molecule has 0 aliphatic carbocycles. The van der Waals surface area contributed by atoms with Crippen molar-refractivity contribution in [3.8, 4) is 0 Å². The fraction of sp³-hybridized carbons (Fsp3) is 0.429.